The number of hydrogen-bond donors (Lipinski definition) is 0. The highest BCUT2D eigenvalue weighted by Gasteiger charge is 2.11. The maximum absolute atomic E-state index is 12.0. The van der Waals surface area contributed by atoms with Crippen LogP contribution in [-0.4, -0.2) is 12.4 Å². The average molecular weight is 266 g/mol. The summed E-state index contributed by atoms with van der Waals surface area (Å²) in [6.45, 7) is 0.1000. The number of ketones is 1. The molecule has 0 spiro atoms. The second-order valence-electron chi connectivity index (χ2n) is 5.22. The van der Waals surface area contributed by atoms with Gasteiger partial charge in [-0.25, -0.2) is 0 Å². The lowest BCUT2D eigenvalue weighted by atomic mass is 9.92. The predicted molar refractivity (Wildman–Crippen MR) is 79.4 cm³/mol. The van der Waals surface area contributed by atoms with Crippen molar-refractivity contribution in [3.63, 3.8) is 0 Å². The quantitative estimate of drug-likeness (QED) is 0.786. The van der Waals surface area contributed by atoms with Gasteiger partial charge in [0.1, 0.15) is 5.75 Å². The first kappa shape index (κ1) is 12.9. The maximum atomic E-state index is 12.0. The summed E-state index contributed by atoms with van der Waals surface area (Å²) in [5.74, 6) is 0.818. The van der Waals surface area contributed by atoms with Gasteiger partial charge in [0.15, 0.2) is 12.4 Å². The first-order chi connectivity index (χ1) is 9.83. The van der Waals surface area contributed by atoms with Crippen LogP contribution >= 0.6 is 0 Å². The standard InChI is InChI=1S/C18H18O2/c19-18(15-7-2-1-3-8-15)13-20-17-11-10-14-6-4-5-9-16(14)12-17/h1-3,7-8,10-12H,4-6,9,13H2. The molecule has 102 valence electrons. The van der Waals surface area contributed by atoms with Gasteiger partial charge in [-0.3, -0.25) is 4.79 Å². The minimum absolute atomic E-state index is 0.0170. The molecule has 0 aliphatic heterocycles. The Morgan fingerprint density at radius 1 is 0.950 bits per heavy atom. The fourth-order valence-corrected chi connectivity index (χ4v) is 2.66. The minimum Gasteiger partial charge on any atom is -0.485 e. The van der Waals surface area contributed by atoms with Crippen LogP contribution in [-0.2, 0) is 12.8 Å². The summed E-state index contributed by atoms with van der Waals surface area (Å²) in [5, 5.41) is 0. The molecule has 1 aliphatic rings. The van der Waals surface area contributed by atoms with E-state index in [4.69, 9.17) is 4.74 Å². The molecule has 0 radical (unpaired) electrons. The fraction of sp³-hybridized carbons (Fsp3) is 0.278. The Bertz CT molecular complexity index is 602. The topological polar surface area (TPSA) is 26.3 Å². The van der Waals surface area contributed by atoms with Crippen LogP contribution in [0.4, 0.5) is 0 Å². The zero-order chi connectivity index (χ0) is 13.8. The third kappa shape index (κ3) is 2.90. The Labute approximate surface area is 119 Å². The van der Waals surface area contributed by atoms with E-state index >= 15 is 0 Å². The van der Waals surface area contributed by atoms with Gasteiger partial charge in [-0.05, 0) is 48.9 Å². The van der Waals surface area contributed by atoms with Crippen molar-refractivity contribution in [2.45, 2.75) is 25.7 Å². The smallest absolute Gasteiger partial charge is 0.200 e. The molecule has 2 heteroatoms. The Hall–Kier alpha value is -2.09. The maximum Gasteiger partial charge on any atom is 0.200 e. The molecular formula is C18H18O2. The highest BCUT2D eigenvalue weighted by atomic mass is 16.5. The van der Waals surface area contributed by atoms with Gasteiger partial charge in [0.2, 0.25) is 0 Å². The van der Waals surface area contributed by atoms with Crippen LogP contribution in [0.1, 0.15) is 34.3 Å². The van der Waals surface area contributed by atoms with Gasteiger partial charge in [0.25, 0.3) is 0 Å². The molecule has 0 unspecified atom stereocenters. The van der Waals surface area contributed by atoms with E-state index in [0.717, 1.165) is 12.2 Å². The van der Waals surface area contributed by atoms with Gasteiger partial charge >= 0.3 is 0 Å². The van der Waals surface area contributed by atoms with E-state index < -0.39 is 0 Å². The molecule has 2 aromatic rings. The monoisotopic (exact) mass is 266 g/mol. The van der Waals surface area contributed by atoms with Gasteiger partial charge in [-0.2, -0.15) is 0 Å². The van der Waals surface area contributed by atoms with Crippen molar-refractivity contribution in [1.82, 2.24) is 0 Å². The van der Waals surface area contributed by atoms with Crippen LogP contribution in [0.5, 0.6) is 5.75 Å². The molecule has 0 saturated carbocycles. The molecule has 2 nitrogen and oxygen atoms in total. The summed E-state index contributed by atoms with van der Waals surface area (Å²) in [5.41, 5.74) is 3.50. The van der Waals surface area contributed by atoms with E-state index in [9.17, 15) is 4.79 Å². The Balaban J connectivity index is 1.65. The molecular weight excluding hydrogens is 248 g/mol. The molecule has 0 amide bonds. The lowest BCUT2D eigenvalue weighted by Crippen LogP contribution is -2.12. The summed E-state index contributed by atoms with van der Waals surface area (Å²) in [7, 11) is 0. The molecule has 2 aromatic carbocycles. The molecule has 3 rings (SSSR count). The Morgan fingerprint density at radius 2 is 1.70 bits per heavy atom. The molecule has 1 aliphatic carbocycles. The van der Waals surface area contributed by atoms with Crippen molar-refractivity contribution in [1.29, 1.82) is 0 Å². The summed E-state index contributed by atoms with van der Waals surface area (Å²) < 4.78 is 5.64. The number of ether oxygens (including phenoxy) is 1. The van der Waals surface area contributed by atoms with Crippen LogP contribution in [0, 0.1) is 0 Å². The fourth-order valence-electron chi connectivity index (χ4n) is 2.66. The van der Waals surface area contributed by atoms with Crippen LogP contribution in [0.2, 0.25) is 0 Å². The summed E-state index contributed by atoms with van der Waals surface area (Å²) in [4.78, 5) is 12.0. The summed E-state index contributed by atoms with van der Waals surface area (Å²) in [6.07, 6.45) is 4.82. The highest BCUT2D eigenvalue weighted by Crippen LogP contribution is 2.25. The van der Waals surface area contributed by atoms with Crippen LogP contribution in [0.15, 0.2) is 48.5 Å². The largest absolute Gasteiger partial charge is 0.485 e. The van der Waals surface area contributed by atoms with Gasteiger partial charge < -0.3 is 4.74 Å². The van der Waals surface area contributed by atoms with E-state index in [1.807, 2.05) is 36.4 Å². The van der Waals surface area contributed by atoms with Gasteiger partial charge in [-0.15, -0.1) is 0 Å². The van der Waals surface area contributed by atoms with Crippen molar-refractivity contribution in [2.75, 3.05) is 6.61 Å². The molecule has 0 saturated heterocycles. The molecule has 20 heavy (non-hydrogen) atoms. The first-order valence-corrected chi connectivity index (χ1v) is 7.16. The van der Waals surface area contributed by atoms with Crippen molar-refractivity contribution in [2.24, 2.45) is 0 Å². The van der Waals surface area contributed by atoms with Crippen molar-refractivity contribution < 1.29 is 9.53 Å². The second kappa shape index (κ2) is 5.91. The number of rotatable bonds is 4. The summed E-state index contributed by atoms with van der Waals surface area (Å²) >= 11 is 0. The van der Waals surface area contributed by atoms with E-state index in [1.54, 1.807) is 0 Å². The van der Waals surface area contributed by atoms with E-state index in [1.165, 1.54) is 30.4 Å². The first-order valence-electron chi connectivity index (χ1n) is 7.16. The second-order valence-corrected chi connectivity index (χ2v) is 5.22. The molecule has 0 bridgehead atoms. The zero-order valence-electron chi connectivity index (χ0n) is 11.5. The molecule has 0 aromatic heterocycles. The van der Waals surface area contributed by atoms with E-state index in [0.29, 0.717) is 5.56 Å². The SMILES string of the molecule is O=C(COc1ccc2c(c1)CCCC2)c1ccccc1. The van der Waals surface area contributed by atoms with Crippen LogP contribution in [0.25, 0.3) is 0 Å². The van der Waals surface area contributed by atoms with Crippen molar-refractivity contribution >= 4 is 5.78 Å². The van der Waals surface area contributed by atoms with Gasteiger partial charge in [0, 0.05) is 5.56 Å². The third-order valence-electron chi connectivity index (χ3n) is 3.79. The number of carbonyl (C=O) groups is 1. The number of aryl methyl sites for hydroxylation is 2. The van der Waals surface area contributed by atoms with Crippen molar-refractivity contribution in [3.05, 3.63) is 65.2 Å². The number of benzene rings is 2. The number of hydrogen-bond acceptors (Lipinski definition) is 2. The number of Topliss-reactive ketones (excluding diaryl/α,β-unsaturated/α-hetero) is 1. The molecule has 0 heterocycles. The Kier molecular flexibility index (Phi) is 3.82. The van der Waals surface area contributed by atoms with Crippen molar-refractivity contribution in [3.8, 4) is 5.75 Å². The lowest BCUT2D eigenvalue weighted by Gasteiger charge is -2.16. The minimum atomic E-state index is 0.0170. The lowest BCUT2D eigenvalue weighted by molar-refractivity contribution is 0.0921. The molecule has 0 atom stereocenters. The highest BCUT2D eigenvalue weighted by molar-refractivity contribution is 5.97. The predicted octanol–water partition coefficient (Wildman–Crippen LogP) is 3.83. The van der Waals surface area contributed by atoms with E-state index in [-0.39, 0.29) is 12.4 Å². The molecule has 0 N–H and O–H groups in total. The number of fused-ring (bicyclic) bond motifs is 1. The average Bonchev–Trinajstić information content (AvgIpc) is 2.53. The van der Waals surface area contributed by atoms with Gasteiger partial charge in [0.05, 0.1) is 0 Å². The number of carbonyl (C=O) groups excluding carboxylic acids is 1. The van der Waals surface area contributed by atoms with Crippen LogP contribution in [0.3, 0.4) is 0 Å². The van der Waals surface area contributed by atoms with Crippen LogP contribution < -0.4 is 4.74 Å². The Morgan fingerprint density at radius 3 is 2.50 bits per heavy atom. The third-order valence-corrected chi connectivity index (χ3v) is 3.79. The normalized spacial score (nSPS) is 13.6. The van der Waals surface area contributed by atoms with E-state index in [2.05, 4.69) is 12.1 Å². The molecule has 0 fully saturated rings. The van der Waals surface area contributed by atoms with Gasteiger partial charge in [-0.1, -0.05) is 36.4 Å². The summed E-state index contributed by atoms with van der Waals surface area (Å²) in [6, 6.07) is 15.5. The zero-order valence-corrected chi connectivity index (χ0v) is 11.5.